The third-order valence-corrected chi connectivity index (χ3v) is 3.09. The molecule has 1 aromatic heterocycles. The first-order valence-corrected chi connectivity index (χ1v) is 6.72. The van der Waals surface area contributed by atoms with Crippen LogP contribution in [-0.2, 0) is 4.79 Å². The molecule has 3 rings (SSSR count). The maximum atomic E-state index is 11.7. The molecule has 0 bridgehead atoms. The number of hydrogen-bond donors (Lipinski definition) is 2. The molecule has 0 aliphatic heterocycles. The molecule has 0 unspecified atom stereocenters. The fourth-order valence-electron chi connectivity index (χ4n) is 2.06. The number of H-pyrrole nitrogens is 1. The summed E-state index contributed by atoms with van der Waals surface area (Å²) in [4.78, 5) is 14.6. The monoisotopic (exact) mass is 294 g/mol. The molecule has 0 spiro atoms. The lowest BCUT2D eigenvalue weighted by Gasteiger charge is -2.01. The lowest BCUT2D eigenvalue weighted by atomic mass is 10.2. The van der Waals surface area contributed by atoms with E-state index in [1.54, 1.807) is 12.1 Å². The number of nitrogens with two attached hydrogens (primary N) is 1. The highest BCUT2D eigenvalue weighted by atomic mass is 16.5. The largest absolute Gasteiger partial charge is 0.484 e. The SMILES string of the molecule is Nc1[nH]c(N=NC(=O)COc2ccccc2)c2ccccc12. The van der Waals surface area contributed by atoms with Crippen LogP contribution < -0.4 is 10.5 Å². The number of nitrogens with one attached hydrogen (secondary N) is 1. The zero-order chi connectivity index (χ0) is 15.4. The average Bonchev–Trinajstić information content (AvgIpc) is 2.89. The molecule has 0 atom stereocenters. The van der Waals surface area contributed by atoms with Gasteiger partial charge in [0.15, 0.2) is 12.4 Å². The summed E-state index contributed by atoms with van der Waals surface area (Å²) < 4.78 is 5.31. The lowest BCUT2D eigenvalue weighted by Crippen LogP contribution is -2.07. The number of nitrogen functional groups attached to an aromatic ring is 1. The Hall–Kier alpha value is -3.15. The third-order valence-electron chi connectivity index (χ3n) is 3.09. The average molecular weight is 294 g/mol. The van der Waals surface area contributed by atoms with Gasteiger partial charge in [-0.3, -0.25) is 4.79 Å². The topological polar surface area (TPSA) is 92.8 Å². The van der Waals surface area contributed by atoms with E-state index in [1.807, 2.05) is 42.5 Å². The highest BCUT2D eigenvalue weighted by Crippen LogP contribution is 2.30. The Labute approximate surface area is 126 Å². The molecule has 6 nitrogen and oxygen atoms in total. The number of para-hydroxylation sites is 1. The van der Waals surface area contributed by atoms with Gasteiger partial charge in [-0.25, -0.2) is 0 Å². The second-order valence-electron chi connectivity index (χ2n) is 4.63. The van der Waals surface area contributed by atoms with E-state index in [1.165, 1.54) is 0 Å². The minimum Gasteiger partial charge on any atom is -0.484 e. The first-order valence-electron chi connectivity index (χ1n) is 6.72. The van der Waals surface area contributed by atoms with Crippen molar-refractivity contribution in [2.45, 2.75) is 0 Å². The number of amides is 1. The molecular weight excluding hydrogens is 280 g/mol. The van der Waals surface area contributed by atoms with E-state index < -0.39 is 5.91 Å². The zero-order valence-corrected chi connectivity index (χ0v) is 11.7. The summed E-state index contributed by atoms with van der Waals surface area (Å²) in [7, 11) is 0. The van der Waals surface area contributed by atoms with Gasteiger partial charge in [0.1, 0.15) is 11.6 Å². The number of rotatable bonds is 4. The number of carbonyl (C=O) groups is 1. The number of ether oxygens (including phenoxy) is 1. The molecule has 22 heavy (non-hydrogen) atoms. The summed E-state index contributed by atoms with van der Waals surface area (Å²) in [6.45, 7) is -0.165. The summed E-state index contributed by atoms with van der Waals surface area (Å²) >= 11 is 0. The predicted octanol–water partition coefficient (Wildman–Crippen LogP) is 3.44. The highest BCUT2D eigenvalue weighted by Gasteiger charge is 2.07. The van der Waals surface area contributed by atoms with E-state index >= 15 is 0 Å². The molecule has 0 saturated heterocycles. The number of anilines is 1. The van der Waals surface area contributed by atoms with Crippen LogP contribution in [0, 0.1) is 0 Å². The van der Waals surface area contributed by atoms with Crippen LogP contribution in [0.2, 0.25) is 0 Å². The maximum Gasteiger partial charge on any atom is 0.302 e. The second-order valence-corrected chi connectivity index (χ2v) is 4.63. The van der Waals surface area contributed by atoms with Crippen molar-refractivity contribution in [3.63, 3.8) is 0 Å². The Kier molecular flexibility index (Phi) is 3.82. The number of nitrogens with zero attached hydrogens (tertiary/aromatic N) is 2. The summed E-state index contributed by atoms with van der Waals surface area (Å²) in [5.74, 6) is 1.10. The van der Waals surface area contributed by atoms with Crippen LogP contribution in [0.3, 0.4) is 0 Å². The van der Waals surface area contributed by atoms with Crippen molar-refractivity contribution in [3.05, 3.63) is 54.6 Å². The van der Waals surface area contributed by atoms with Crippen molar-refractivity contribution in [1.82, 2.24) is 4.98 Å². The Morgan fingerprint density at radius 3 is 2.50 bits per heavy atom. The number of carbonyl (C=O) groups excluding carboxylic acids is 1. The van der Waals surface area contributed by atoms with Gasteiger partial charge in [0.05, 0.1) is 0 Å². The predicted molar refractivity (Wildman–Crippen MR) is 84.2 cm³/mol. The molecule has 3 N–H and O–H groups in total. The molecule has 0 aliphatic carbocycles. The van der Waals surface area contributed by atoms with Gasteiger partial charge in [0, 0.05) is 10.8 Å². The molecule has 0 aliphatic rings. The van der Waals surface area contributed by atoms with Gasteiger partial charge < -0.3 is 15.5 Å². The fraction of sp³-hybridized carbons (Fsp3) is 0.0625. The van der Waals surface area contributed by atoms with Crippen molar-refractivity contribution in [2.24, 2.45) is 10.2 Å². The van der Waals surface area contributed by atoms with E-state index in [0.717, 1.165) is 10.8 Å². The van der Waals surface area contributed by atoms with Gasteiger partial charge >= 0.3 is 5.91 Å². The molecular formula is C16H14N4O2. The molecule has 1 heterocycles. The van der Waals surface area contributed by atoms with Crippen molar-refractivity contribution in [3.8, 4) is 5.75 Å². The Balaban J connectivity index is 1.69. The van der Waals surface area contributed by atoms with Crippen LogP contribution in [0.4, 0.5) is 11.6 Å². The van der Waals surface area contributed by atoms with Crippen LogP contribution in [0.5, 0.6) is 5.75 Å². The second kappa shape index (κ2) is 6.09. The third kappa shape index (κ3) is 2.95. The standard InChI is InChI=1S/C16H14N4O2/c17-15-12-8-4-5-9-13(12)16(18-15)20-19-14(21)10-22-11-6-2-1-3-7-11/h1-9,18H,10,17H2. The van der Waals surface area contributed by atoms with Gasteiger partial charge in [0.25, 0.3) is 0 Å². The van der Waals surface area contributed by atoms with Gasteiger partial charge in [0.2, 0.25) is 0 Å². The van der Waals surface area contributed by atoms with Crippen LogP contribution in [-0.4, -0.2) is 17.5 Å². The van der Waals surface area contributed by atoms with Gasteiger partial charge in [-0.2, -0.15) is 0 Å². The molecule has 110 valence electrons. The number of fused-ring (bicyclic) bond motifs is 1. The molecule has 2 aromatic carbocycles. The number of hydrogen-bond acceptors (Lipinski definition) is 4. The first-order chi connectivity index (χ1) is 10.7. The zero-order valence-electron chi connectivity index (χ0n) is 11.7. The van der Waals surface area contributed by atoms with Crippen LogP contribution >= 0.6 is 0 Å². The molecule has 6 heteroatoms. The van der Waals surface area contributed by atoms with Crippen molar-refractivity contribution < 1.29 is 9.53 Å². The smallest absolute Gasteiger partial charge is 0.302 e. The Morgan fingerprint density at radius 1 is 1.05 bits per heavy atom. The van der Waals surface area contributed by atoms with Crippen molar-refractivity contribution >= 4 is 28.3 Å². The van der Waals surface area contributed by atoms with E-state index in [0.29, 0.717) is 17.4 Å². The van der Waals surface area contributed by atoms with E-state index in [9.17, 15) is 4.79 Å². The number of aromatic amines is 1. The van der Waals surface area contributed by atoms with E-state index in [-0.39, 0.29) is 6.61 Å². The number of aromatic nitrogens is 1. The summed E-state index contributed by atoms with van der Waals surface area (Å²) in [5, 5.41) is 9.25. The van der Waals surface area contributed by atoms with Crippen molar-refractivity contribution in [1.29, 1.82) is 0 Å². The minimum atomic E-state index is -0.471. The highest BCUT2D eigenvalue weighted by molar-refractivity contribution is 5.99. The summed E-state index contributed by atoms with van der Waals surface area (Å²) in [6.07, 6.45) is 0. The molecule has 3 aromatic rings. The molecule has 0 fully saturated rings. The van der Waals surface area contributed by atoms with Gasteiger partial charge in [-0.05, 0) is 12.1 Å². The van der Waals surface area contributed by atoms with Crippen LogP contribution in [0.15, 0.2) is 64.8 Å². The first kappa shape index (κ1) is 13.8. The molecule has 1 amide bonds. The summed E-state index contributed by atoms with van der Waals surface area (Å²) in [5.41, 5.74) is 5.85. The van der Waals surface area contributed by atoms with Crippen molar-refractivity contribution in [2.75, 3.05) is 12.3 Å². The Bertz CT molecular complexity index is 825. The molecule has 0 saturated carbocycles. The van der Waals surface area contributed by atoms with Crippen LogP contribution in [0.1, 0.15) is 0 Å². The Morgan fingerprint density at radius 2 is 1.73 bits per heavy atom. The number of benzene rings is 2. The van der Waals surface area contributed by atoms with Gasteiger partial charge in [-0.15, -0.1) is 10.2 Å². The van der Waals surface area contributed by atoms with Gasteiger partial charge in [-0.1, -0.05) is 42.5 Å². The van der Waals surface area contributed by atoms with E-state index in [2.05, 4.69) is 15.2 Å². The summed E-state index contributed by atoms with van der Waals surface area (Å²) in [6, 6.07) is 16.6. The van der Waals surface area contributed by atoms with E-state index in [4.69, 9.17) is 10.5 Å². The molecule has 0 radical (unpaired) electrons. The maximum absolute atomic E-state index is 11.7. The number of azo groups is 1. The lowest BCUT2D eigenvalue weighted by molar-refractivity contribution is -0.120. The minimum absolute atomic E-state index is 0.165. The van der Waals surface area contributed by atoms with Crippen LogP contribution in [0.25, 0.3) is 10.8 Å². The quantitative estimate of drug-likeness (QED) is 0.722. The fourth-order valence-corrected chi connectivity index (χ4v) is 2.06. The normalized spacial score (nSPS) is 11.1.